The summed E-state index contributed by atoms with van der Waals surface area (Å²) in [7, 11) is 0. The Morgan fingerprint density at radius 2 is 0.844 bits per heavy atom. The molecule has 0 bridgehead atoms. The Labute approximate surface area is 182 Å². The van der Waals surface area contributed by atoms with Crippen molar-refractivity contribution in [3.63, 3.8) is 0 Å². The minimum atomic E-state index is 0.875. The molecule has 0 saturated carbocycles. The highest BCUT2D eigenvalue weighted by Gasteiger charge is 2.11. The quantitative estimate of drug-likeness (QED) is 0.378. The van der Waals surface area contributed by atoms with Crippen LogP contribution in [-0.2, 0) is 0 Å². The molecule has 2 aromatic heterocycles. The van der Waals surface area contributed by atoms with Gasteiger partial charge in [-0.25, -0.2) is 0 Å². The third kappa shape index (κ3) is 2.53. The van der Waals surface area contributed by atoms with Crippen LogP contribution in [0.15, 0.2) is 97.1 Å². The highest BCUT2D eigenvalue weighted by molar-refractivity contribution is 6.04. The van der Waals surface area contributed by atoms with Gasteiger partial charge in [0.2, 0.25) is 0 Å². The van der Waals surface area contributed by atoms with E-state index >= 15 is 0 Å². The van der Waals surface area contributed by atoms with Crippen LogP contribution >= 0.6 is 0 Å². The van der Waals surface area contributed by atoms with Gasteiger partial charge in [0, 0.05) is 10.8 Å². The Bertz CT molecular complexity index is 1640. The number of benzene rings is 5. The molecule has 0 aliphatic carbocycles. The van der Waals surface area contributed by atoms with Gasteiger partial charge in [0.25, 0.3) is 0 Å². The number of nitrogens with zero attached hydrogens (tertiary/aromatic N) is 6. The lowest BCUT2D eigenvalue weighted by Crippen LogP contribution is -2.01. The van der Waals surface area contributed by atoms with Gasteiger partial charge in [0.15, 0.2) is 0 Å². The second kappa shape index (κ2) is 6.46. The Hall–Kier alpha value is -4.58. The SMILES string of the molecule is c1ccc2c(c1)ccc1nn(-c3ccc(-n4nc5ccc6ccccc6c5n4)cc3)nc12. The van der Waals surface area contributed by atoms with E-state index in [-0.39, 0.29) is 0 Å². The van der Waals surface area contributed by atoms with Crippen molar-refractivity contribution in [2.45, 2.75) is 0 Å². The molecule has 0 aliphatic rings. The summed E-state index contributed by atoms with van der Waals surface area (Å²) in [6, 6.07) is 32.6. The van der Waals surface area contributed by atoms with E-state index in [1.54, 1.807) is 9.59 Å². The van der Waals surface area contributed by atoms with Crippen molar-refractivity contribution in [3.05, 3.63) is 97.1 Å². The van der Waals surface area contributed by atoms with Gasteiger partial charge in [-0.05, 0) is 47.2 Å². The summed E-state index contributed by atoms with van der Waals surface area (Å²) in [4.78, 5) is 3.36. The van der Waals surface area contributed by atoms with Gasteiger partial charge in [0.1, 0.15) is 22.1 Å². The molecule has 0 saturated heterocycles. The molecule has 0 atom stereocenters. The monoisotopic (exact) mass is 412 g/mol. The van der Waals surface area contributed by atoms with Gasteiger partial charge in [0.05, 0.1) is 11.4 Å². The Balaban J connectivity index is 1.30. The van der Waals surface area contributed by atoms with Crippen LogP contribution in [0.2, 0.25) is 0 Å². The summed E-state index contributed by atoms with van der Waals surface area (Å²) in [5.41, 5.74) is 5.32. The van der Waals surface area contributed by atoms with Crippen LogP contribution in [-0.4, -0.2) is 30.0 Å². The predicted octanol–water partition coefficient (Wildman–Crippen LogP) is 5.46. The predicted molar refractivity (Wildman–Crippen MR) is 126 cm³/mol. The normalized spacial score (nSPS) is 11.8. The van der Waals surface area contributed by atoms with Crippen LogP contribution in [0, 0.1) is 0 Å². The van der Waals surface area contributed by atoms with Crippen molar-refractivity contribution in [1.82, 2.24) is 30.0 Å². The number of hydrogen-bond acceptors (Lipinski definition) is 4. The largest absolute Gasteiger partial charge is 0.150 e. The van der Waals surface area contributed by atoms with Gasteiger partial charge >= 0.3 is 0 Å². The van der Waals surface area contributed by atoms with Crippen LogP contribution < -0.4 is 0 Å². The fourth-order valence-electron chi connectivity index (χ4n) is 4.25. The van der Waals surface area contributed by atoms with E-state index in [4.69, 9.17) is 10.2 Å². The molecule has 150 valence electrons. The van der Waals surface area contributed by atoms with E-state index < -0.39 is 0 Å². The molecule has 0 aliphatic heterocycles. The van der Waals surface area contributed by atoms with E-state index in [1.807, 2.05) is 60.7 Å². The van der Waals surface area contributed by atoms with Gasteiger partial charge in [-0.2, -0.15) is 9.59 Å². The second-order valence-corrected chi connectivity index (χ2v) is 7.80. The van der Waals surface area contributed by atoms with Crippen molar-refractivity contribution >= 4 is 43.6 Å². The molecule has 32 heavy (non-hydrogen) atoms. The summed E-state index contributed by atoms with van der Waals surface area (Å²) in [6.45, 7) is 0. The van der Waals surface area contributed by atoms with Crippen molar-refractivity contribution in [2.24, 2.45) is 0 Å². The Morgan fingerprint density at radius 1 is 0.406 bits per heavy atom. The van der Waals surface area contributed by atoms with Crippen LogP contribution in [0.5, 0.6) is 0 Å². The molecule has 7 rings (SSSR count). The maximum absolute atomic E-state index is 4.75. The second-order valence-electron chi connectivity index (χ2n) is 7.80. The molecule has 0 radical (unpaired) electrons. The first-order valence-corrected chi connectivity index (χ1v) is 10.4. The summed E-state index contributed by atoms with van der Waals surface area (Å²) in [6.07, 6.45) is 0. The molecule has 6 nitrogen and oxygen atoms in total. The molecular weight excluding hydrogens is 396 g/mol. The molecule has 0 spiro atoms. The zero-order valence-electron chi connectivity index (χ0n) is 16.9. The van der Waals surface area contributed by atoms with E-state index in [0.717, 1.165) is 55.0 Å². The van der Waals surface area contributed by atoms with E-state index in [0.29, 0.717) is 0 Å². The van der Waals surface area contributed by atoms with Crippen LogP contribution in [0.3, 0.4) is 0 Å². The molecule has 0 unspecified atom stereocenters. The van der Waals surface area contributed by atoms with Crippen molar-refractivity contribution < 1.29 is 0 Å². The average Bonchev–Trinajstić information content (AvgIpc) is 3.49. The Morgan fingerprint density at radius 3 is 1.31 bits per heavy atom. The van der Waals surface area contributed by atoms with Crippen LogP contribution in [0.25, 0.3) is 55.0 Å². The first-order valence-electron chi connectivity index (χ1n) is 10.4. The lowest BCUT2D eigenvalue weighted by atomic mass is 10.1. The third-order valence-corrected chi connectivity index (χ3v) is 5.86. The van der Waals surface area contributed by atoms with Crippen molar-refractivity contribution in [2.75, 3.05) is 0 Å². The van der Waals surface area contributed by atoms with Crippen molar-refractivity contribution in [3.8, 4) is 11.4 Å². The summed E-state index contributed by atoms with van der Waals surface area (Å²) in [5, 5.41) is 23.4. The van der Waals surface area contributed by atoms with Gasteiger partial charge in [-0.15, -0.1) is 20.4 Å². The zero-order valence-corrected chi connectivity index (χ0v) is 16.9. The summed E-state index contributed by atoms with van der Waals surface area (Å²) in [5.74, 6) is 0. The highest BCUT2D eigenvalue weighted by atomic mass is 15.5. The molecule has 7 aromatic rings. The molecule has 2 heterocycles. The van der Waals surface area contributed by atoms with Gasteiger partial charge in [-0.1, -0.05) is 60.7 Å². The Kier molecular flexibility index (Phi) is 3.46. The molecule has 5 aromatic carbocycles. The maximum Gasteiger partial charge on any atom is 0.121 e. The standard InChI is InChI=1S/C26H16N6/c1-3-7-21-17(5-1)9-15-23-25(21)29-31(27-23)19-11-13-20(14-12-19)32-28-24-16-10-18-6-2-4-8-22(18)26(24)30-32/h1-16H. The fourth-order valence-corrected chi connectivity index (χ4v) is 4.25. The lowest BCUT2D eigenvalue weighted by Gasteiger charge is -2.02. The molecule has 0 N–H and O–H groups in total. The molecule has 0 fully saturated rings. The lowest BCUT2D eigenvalue weighted by molar-refractivity contribution is 0.753. The number of rotatable bonds is 2. The van der Waals surface area contributed by atoms with Gasteiger partial charge < -0.3 is 0 Å². The first kappa shape index (κ1) is 17.1. The number of aromatic nitrogens is 6. The van der Waals surface area contributed by atoms with Gasteiger partial charge in [-0.3, -0.25) is 0 Å². The summed E-state index contributed by atoms with van der Waals surface area (Å²) < 4.78 is 0. The van der Waals surface area contributed by atoms with Crippen LogP contribution in [0.1, 0.15) is 0 Å². The number of fused-ring (bicyclic) bond motifs is 6. The minimum absolute atomic E-state index is 0.875. The maximum atomic E-state index is 4.75. The summed E-state index contributed by atoms with van der Waals surface area (Å²) >= 11 is 0. The third-order valence-electron chi connectivity index (χ3n) is 5.86. The van der Waals surface area contributed by atoms with Crippen molar-refractivity contribution in [1.29, 1.82) is 0 Å². The van der Waals surface area contributed by atoms with E-state index in [1.165, 1.54) is 0 Å². The van der Waals surface area contributed by atoms with E-state index in [2.05, 4.69) is 46.6 Å². The average molecular weight is 412 g/mol. The number of hydrogen-bond donors (Lipinski definition) is 0. The molecule has 0 amide bonds. The fraction of sp³-hybridized carbons (Fsp3) is 0. The highest BCUT2D eigenvalue weighted by Crippen LogP contribution is 2.25. The van der Waals surface area contributed by atoms with E-state index in [9.17, 15) is 0 Å². The topological polar surface area (TPSA) is 61.4 Å². The smallest absolute Gasteiger partial charge is 0.121 e. The zero-order chi connectivity index (χ0) is 21.1. The first-order chi connectivity index (χ1) is 15.8. The van der Waals surface area contributed by atoms with Crippen LogP contribution in [0.4, 0.5) is 0 Å². The molecular formula is C26H16N6. The minimum Gasteiger partial charge on any atom is -0.150 e. The molecule has 6 heteroatoms.